The Bertz CT molecular complexity index is 968. The quantitative estimate of drug-likeness (QED) is 0.271. The van der Waals surface area contributed by atoms with Crippen molar-refractivity contribution in [1.29, 1.82) is 0 Å². The van der Waals surface area contributed by atoms with Gasteiger partial charge in [-0.05, 0) is 44.2 Å². The molecule has 0 unspecified atom stereocenters. The number of methoxy groups -OCH3 is 2. The van der Waals surface area contributed by atoms with Gasteiger partial charge in [0.2, 0.25) is 0 Å². The number of carbonyl (C=O) groups excluding carboxylic acids is 2. The molecule has 0 aromatic heterocycles. The number of esters is 2. The predicted molar refractivity (Wildman–Crippen MR) is 110 cm³/mol. The van der Waals surface area contributed by atoms with Crippen molar-refractivity contribution in [2.45, 2.75) is 13.8 Å². The summed E-state index contributed by atoms with van der Waals surface area (Å²) in [6.07, 6.45) is 0. The van der Waals surface area contributed by atoms with Crippen molar-refractivity contribution >= 4 is 34.7 Å². The Kier molecular flexibility index (Phi) is 7.56. The lowest BCUT2D eigenvalue weighted by molar-refractivity contribution is -0.385. The van der Waals surface area contributed by atoms with E-state index >= 15 is 0 Å². The maximum atomic E-state index is 12.1. The summed E-state index contributed by atoms with van der Waals surface area (Å²) in [4.78, 5) is 36.7. The molecule has 158 valence electrons. The average Bonchev–Trinajstić information content (AvgIpc) is 2.77. The van der Waals surface area contributed by atoms with Crippen LogP contribution in [0.2, 0.25) is 0 Å². The van der Waals surface area contributed by atoms with Gasteiger partial charge < -0.3 is 14.4 Å². The van der Waals surface area contributed by atoms with Crippen molar-refractivity contribution in [3.05, 3.63) is 57.6 Å². The van der Waals surface area contributed by atoms with Gasteiger partial charge in [0, 0.05) is 24.8 Å². The third kappa shape index (κ3) is 4.96. The van der Waals surface area contributed by atoms with Gasteiger partial charge in [-0.1, -0.05) is 0 Å². The molecule has 0 aliphatic heterocycles. The van der Waals surface area contributed by atoms with Gasteiger partial charge in [0.1, 0.15) is 11.3 Å². The Morgan fingerprint density at radius 2 is 1.53 bits per heavy atom. The topological polar surface area (TPSA) is 124 Å². The van der Waals surface area contributed by atoms with Crippen LogP contribution >= 0.6 is 0 Å². The fraction of sp³-hybridized carbons (Fsp3) is 0.300. The molecule has 0 atom stereocenters. The molecule has 0 aliphatic carbocycles. The number of azo groups is 1. The van der Waals surface area contributed by atoms with Crippen LogP contribution < -0.4 is 4.90 Å². The summed E-state index contributed by atoms with van der Waals surface area (Å²) in [6.45, 7) is 5.83. The lowest BCUT2D eigenvalue weighted by atomic mass is 10.1. The Morgan fingerprint density at radius 3 is 2.03 bits per heavy atom. The smallest absolute Gasteiger partial charge is 0.344 e. The highest BCUT2D eigenvalue weighted by molar-refractivity contribution is 6.01. The highest BCUT2D eigenvalue weighted by Gasteiger charge is 2.27. The minimum absolute atomic E-state index is 0.0549. The number of carbonyl (C=O) groups is 2. The van der Waals surface area contributed by atoms with E-state index in [1.165, 1.54) is 0 Å². The van der Waals surface area contributed by atoms with Crippen LogP contribution in [0.5, 0.6) is 0 Å². The van der Waals surface area contributed by atoms with Crippen LogP contribution in [0.3, 0.4) is 0 Å². The molecule has 0 amide bonds. The summed E-state index contributed by atoms with van der Waals surface area (Å²) in [5.41, 5.74) is 0.337. The number of hydrogen-bond donors (Lipinski definition) is 0. The zero-order valence-corrected chi connectivity index (χ0v) is 17.1. The van der Waals surface area contributed by atoms with Gasteiger partial charge in [0.15, 0.2) is 0 Å². The van der Waals surface area contributed by atoms with Crippen LogP contribution in [0.4, 0.5) is 22.7 Å². The molecular weight excluding hydrogens is 392 g/mol. The van der Waals surface area contributed by atoms with Crippen molar-refractivity contribution < 1.29 is 24.0 Å². The number of benzene rings is 2. The summed E-state index contributed by atoms with van der Waals surface area (Å²) < 4.78 is 9.26. The molecule has 30 heavy (non-hydrogen) atoms. The van der Waals surface area contributed by atoms with E-state index in [9.17, 15) is 19.7 Å². The number of anilines is 1. The van der Waals surface area contributed by atoms with Crippen LogP contribution in [0.25, 0.3) is 0 Å². The van der Waals surface area contributed by atoms with Gasteiger partial charge in [-0.15, -0.1) is 5.11 Å². The largest absolute Gasteiger partial charge is 0.465 e. The summed E-state index contributed by atoms with van der Waals surface area (Å²) in [6, 6.07) is 9.29. The molecule has 0 spiro atoms. The van der Waals surface area contributed by atoms with Crippen LogP contribution in [0.1, 0.15) is 34.6 Å². The molecular formula is C20H22N4O6. The number of rotatable bonds is 8. The van der Waals surface area contributed by atoms with E-state index < -0.39 is 22.5 Å². The van der Waals surface area contributed by atoms with Gasteiger partial charge in [0.05, 0.1) is 30.4 Å². The van der Waals surface area contributed by atoms with E-state index in [1.54, 1.807) is 12.1 Å². The second-order valence-electron chi connectivity index (χ2n) is 6.02. The van der Waals surface area contributed by atoms with Crippen LogP contribution in [0.15, 0.2) is 46.6 Å². The van der Waals surface area contributed by atoms with Crippen molar-refractivity contribution in [1.82, 2.24) is 0 Å². The van der Waals surface area contributed by atoms with E-state index in [2.05, 4.69) is 38.4 Å². The second-order valence-corrected chi connectivity index (χ2v) is 6.02. The van der Waals surface area contributed by atoms with E-state index in [0.717, 1.165) is 45.1 Å². The Balaban J connectivity index is 2.49. The molecule has 0 heterocycles. The van der Waals surface area contributed by atoms with Crippen LogP contribution in [-0.4, -0.2) is 44.2 Å². The molecule has 0 fully saturated rings. The maximum Gasteiger partial charge on any atom is 0.344 e. The third-order valence-electron chi connectivity index (χ3n) is 4.37. The normalized spacial score (nSPS) is 10.7. The number of ether oxygens (including phenoxy) is 2. The first-order chi connectivity index (χ1) is 14.4. The molecule has 2 rings (SSSR count). The first-order valence-electron chi connectivity index (χ1n) is 9.12. The molecule has 0 radical (unpaired) electrons. The lowest BCUT2D eigenvalue weighted by Crippen LogP contribution is -2.21. The molecule has 2 aromatic carbocycles. The first kappa shape index (κ1) is 22.5. The second kappa shape index (κ2) is 10.1. The minimum Gasteiger partial charge on any atom is -0.465 e. The van der Waals surface area contributed by atoms with Crippen LogP contribution in [-0.2, 0) is 9.47 Å². The molecule has 0 N–H and O–H groups in total. The van der Waals surface area contributed by atoms with Gasteiger partial charge in [-0.2, -0.15) is 5.11 Å². The minimum atomic E-state index is -0.932. The van der Waals surface area contributed by atoms with Gasteiger partial charge in [-0.25, -0.2) is 9.59 Å². The maximum absolute atomic E-state index is 12.1. The highest BCUT2D eigenvalue weighted by Crippen LogP contribution is 2.32. The fourth-order valence-electron chi connectivity index (χ4n) is 2.79. The summed E-state index contributed by atoms with van der Waals surface area (Å²) in [5, 5.41) is 19.4. The molecule has 0 saturated heterocycles. The molecule has 0 aliphatic rings. The fourth-order valence-corrected chi connectivity index (χ4v) is 2.79. The monoisotopic (exact) mass is 414 g/mol. The van der Waals surface area contributed by atoms with Crippen molar-refractivity contribution in [3.63, 3.8) is 0 Å². The van der Waals surface area contributed by atoms with Gasteiger partial charge in [0.25, 0.3) is 5.69 Å². The average molecular weight is 414 g/mol. The Morgan fingerprint density at radius 1 is 0.967 bits per heavy atom. The van der Waals surface area contributed by atoms with Crippen molar-refractivity contribution in [2.75, 3.05) is 32.2 Å². The molecule has 10 nitrogen and oxygen atoms in total. The standard InChI is InChI=1S/C20H22N4O6/c1-5-23(6-2)14-9-7-13(8-10-14)21-22-17-11-16(20(26)30-4)18(24(27)28)12-15(17)19(25)29-3/h7-12H,5-6H2,1-4H3. The Hall–Kier alpha value is -3.82. The zero-order valence-electron chi connectivity index (χ0n) is 17.1. The zero-order chi connectivity index (χ0) is 22.3. The number of nitro benzene ring substituents is 1. The molecule has 2 aromatic rings. The number of nitrogens with zero attached hydrogens (tertiary/aromatic N) is 4. The predicted octanol–water partition coefficient (Wildman–Crippen LogP) is 4.43. The summed E-state index contributed by atoms with van der Waals surface area (Å²) in [7, 11) is 2.23. The van der Waals surface area contributed by atoms with E-state index in [0.29, 0.717) is 5.69 Å². The van der Waals surface area contributed by atoms with Crippen LogP contribution in [0, 0.1) is 10.1 Å². The summed E-state index contributed by atoms with van der Waals surface area (Å²) in [5.74, 6) is -1.78. The Labute approximate surface area is 173 Å². The lowest BCUT2D eigenvalue weighted by Gasteiger charge is -2.20. The van der Waals surface area contributed by atoms with Crippen molar-refractivity contribution in [3.8, 4) is 0 Å². The number of nitro groups is 1. The van der Waals surface area contributed by atoms with Crippen molar-refractivity contribution in [2.24, 2.45) is 10.2 Å². The summed E-state index contributed by atoms with van der Waals surface area (Å²) >= 11 is 0. The third-order valence-corrected chi connectivity index (χ3v) is 4.37. The van der Waals surface area contributed by atoms with E-state index in [4.69, 9.17) is 0 Å². The van der Waals surface area contributed by atoms with E-state index in [-0.39, 0.29) is 16.8 Å². The highest BCUT2D eigenvalue weighted by atomic mass is 16.6. The van der Waals surface area contributed by atoms with Gasteiger partial charge in [-0.3, -0.25) is 10.1 Å². The molecule has 0 bridgehead atoms. The first-order valence-corrected chi connectivity index (χ1v) is 9.12. The van der Waals surface area contributed by atoms with Gasteiger partial charge >= 0.3 is 11.9 Å². The molecule has 0 saturated carbocycles. The molecule has 10 heteroatoms. The van der Waals surface area contributed by atoms with E-state index in [1.807, 2.05) is 12.1 Å². The number of hydrogen-bond acceptors (Lipinski definition) is 9. The SMILES string of the molecule is CCN(CC)c1ccc(N=Nc2cc(C(=O)OC)c([N+](=O)[O-])cc2C(=O)OC)cc1.